The summed E-state index contributed by atoms with van der Waals surface area (Å²) in [4.78, 5) is 0. The topological polar surface area (TPSA) is 0 Å². The average Bonchev–Trinajstić information content (AvgIpc) is 2.25. The van der Waals surface area contributed by atoms with E-state index in [4.69, 9.17) is 0 Å². The van der Waals surface area contributed by atoms with Crippen LogP contribution in [-0.4, -0.2) is 8.07 Å². The van der Waals surface area contributed by atoms with E-state index in [0.29, 0.717) is 5.92 Å². The van der Waals surface area contributed by atoms with Gasteiger partial charge in [-0.1, -0.05) is 51.5 Å². The molecule has 0 saturated heterocycles. The molecule has 86 valence electrons. The molecule has 0 bridgehead atoms. The monoisotopic (exact) mass is 230 g/mol. The third kappa shape index (κ3) is 4.24. The molecule has 0 saturated carbocycles. The van der Waals surface area contributed by atoms with Gasteiger partial charge in [-0.25, -0.2) is 0 Å². The number of benzene rings is 1. The minimum absolute atomic E-state index is 0.652. The molecule has 0 aromatic heterocycles. The van der Waals surface area contributed by atoms with Crippen molar-refractivity contribution in [1.29, 1.82) is 0 Å². The first kappa shape index (κ1) is 13.1. The summed E-state index contributed by atoms with van der Waals surface area (Å²) >= 11 is 0. The van der Waals surface area contributed by atoms with Crippen LogP contribution in [0.25, 0.3) is 0 Å². The second kappa shape index (κ2) is 5.36. The molecule has 0 nitrogen and oxygen atoms in total. The van der Waals surface area contributed by atoms with Gasteiger partial charge in [-0.15, -0.1) is 5.54 Å². The van der Waals surface area contributed by atoms with Gasteiger partial charge in [0.1, 0.15) is 8.07 Å². The second-order valence-corrected chi connectivity index (χ2v) is 10.2. The first-order valence-corrected chi connectivity index (χ1v) is 9.55. The Hall–Kier alpha value is -1.00. The maximum atomic E-state index is 3.39. The Balaban J connectivity index is 2.82. The molecule has 16 heavy (non-hydrogen) atoms. The summed E-state index contributed by atoms with van der Waals surface area (Å²) in [5.74, 6) is 3.93. The zero-order valence-corrected chi connectivity index (χ0v) is 12.1. The van der Waals surface area contributed by atoms with Crippen molar-refractivity contribution in [3.63, 3.8) is 0 Å². The minimum atomic E-state index is -1.24. The predicted octanol–water partition coefficient (Wildman–Crippen LogP) is 4.43. The molecule has 1 aromatic rings. The van der Waals surface area contributed by atoms with Crippen LogP contribution in [0.2, 0.25) is 19.6 Å². The molecule has 0 aliphatic carbocycles. The van der Waals surface area contributed by atoms with E-state index < -0.39 is 8.07 Å². The normalized spacial score (nSPS) is 12.8. The Morgan fingerprint density at radius 2 is 1.69 bits per heavy atom. The Kier molecular flexibility index (Phi) is 4.38. The Labute approximate surface area is 101 Å². The molecular weight excluding hydrogens is 208 g/mol. The van der Waals surface area contributed by atoms with E-state index in [1.165, 1.54) is 12.0 Å². The maximum absolute atomic E-state index is 3.39. The summed E-state index contributed by atoms with van der Waals surface area (Å²) in [5, 5.41) is 0. The van der Waals surface area contributed by atoms with E-state index in [1.807, 2.05) is 0 Å². The van der Waals surface area contributed by atoms with Gasteiger partial charge in [0.25, 0.3) is 0 Å². The Morgan fingerprint density at radius 3 is 2.12 bits per heavy atom. The standard InChI is InChI=1S/C15H22Si/c1-6-13(2)15-9-7-14(8-10-15)11-12-16(3,4)5/h7-10,13H,6H2,1-5H3. The molecule has 0 fully saturated rings. The summed E-state index contributed by atoms with van der Waals surface area (Å²) in [6.07, 6.45) is 1.19. The van der Waals surface area contributed by atoms with Crippen molar-refractivity contribution in [1.82, 2.24) is 0 Å². The van der Waals surface area contributed by atoms with Gasteiger partial charge in [0, 0.05) is 5.56 Å². The largest absolute Gasteiger partial charge is 0.129 e. The highest BCUT2D eigenvalue weighted by atomic mass is 28.3. The highest BCUT2D eigenvalue weighted by Gasteiger charge is 2.07. The van der Waals surface area contributed by atoms with Crippen LogP contribution < -0.4 is 0 Å². The zero-order chi connectivity index (χ0) is 12.2. The SMILES string of the molecule is CCC(C)c1ccc(C#C[Si](C)(C)C)cc1. The number of rotatable bonds is 2. The first-order valence-electron chi connectivity index (χ1n) is 6.05. The lowest BCUT2D eigenvalue weighted by molar-refractivity contribution is 0.733. The molecule has 1 rings (SSSR count). The molecule has 0 heterocycles. The fourth-order valence-corrected chi connectivity index (χ4v) is 1.91. The number of hydrogen-bond donors (Lipinski definition) is 0. The molecule has 1 heteroatoms. The van der Waals surface area contributed by atoms with E-state index in [1.54, 1.807) is 0 Å². The van der Waals surface area contributed by atoms with Crippen LogP contribution >= 0.6 is 0 Å². The van der Waals surface area contributed by atoms with Crippen molar-refractivity contribution >= 4 is 8.07 Å². The molecule has 0 amide bonds. The molecule has 0 aliphatic heterocycles. The van der Waals surface area contributed by atoms with Crippen LogP contribution in [0, 0.1) is 11.5 Å². The molecule has 0 spiro atoms. The lowest BCUT2D eigenvalue weighted by atomic mass is 9.98. The third-order valence-electron chi connectivity index (χ3n) is 2.67. The first-order chi connectivity index (χ1) is 7.42. The van der Waals surface area contributed by atoms with Crippen molar-refractivity contribution < 1.29 is 0 Å². The van der Waals surface area contributed by atoms with E-state index in [9.17, 15) is 0 Å². The highest BCUT2D eigenvalue weighted by molar-refractivity contribution is 6.83. The molecule has 0 radical (unpaired) electrons. The summed E-state index contributed by atoms with van der Waals surface area (Å²) in [7, 11) is -1.24. The van der Waals surface area contributed by atoms with Gasteiger partial charge in [0.2, 0.25) is 0 Å². The third-order valence-corrected chi connectivity index (χ3v) is 3.55. The van der Waals surface area contributed by atoms with Gasteiger partial charge < -0.3 is 0 Å². The minimum Gasteiger partial charge on any atom is -0.127 e. The van der Waals surface area contributed by atoms with Gasteiger partial charge in [-0.3, -0.25) is 0 Å². The Bertz CT molecular complexity index is 384. The molecule has 1 unspecified atom stereocenters. The van der Waals surface area contributed by atoms with Crippen molar-refractivity contribution in [2.75, 3.05) is 0 Å². The summed E-state index contributed by atoms with van der Waals surface area (Å²) < 4.78 is 0. The van der Waals surface area contributed by atoms with Crippen LogP contribution in [-0.2, 0) is 0 Å². The molecule has 1 atom stereocenters. The van der Waals surface area contributed by atoms with Crippen LogP contribution in [0.15, 0.2) is 24.3 Å². The van der Waals surface area contributed by atoms with Crippen molar-refractivity contribution in [2.45, 2.75) is 45.8 Å². The molecule has 0 N–H and O–H groups in total. The number of hydrogen-bond acceptors (Lipinski definition) is 0. The smallest absolute Gasteiger partial charge is 0.127 e. The summed E-state index contributed by atoms with van der Waals surface area (Å²) in [5.41, 5.74) is 5.96. The fourth-order valence-electron chi connectivity index (χ4n) is 1.39. The van der Waals surface area contributed by atoms with Gasteiger partial charge >= 0.3 is 0 Å². The van der Waals surface area contributed by atoms with E-state index in [2.05, 4.69) is 69.2 Å². The maximum Gasteiger partial charge on any atom is 0.129 e. The summed E-state index contributed by atoms with van der Waals surface area (Å²) in [6, 6.07) is 8.72. The van der Waals surface area contributed by atoms with Gasteiger partial charge in [-0.05, 0) is 30.0 Å². The van der Waals surface area contributed by atoms with Crippen LogP contribution in [0.4, 0.5) is 0 Å². The highest BCUT2D eigenvalue weighted by Crippen LogP contribution is 2.18. The van der Waals surface area contributed by atoms with Crippen molar-refractivity contribution in [3.05, 3.63) is 35.4 Å². The fraction of sp³-hybridized carbons (Fsp3) is 0.467. The Morgan fingerprint density at radius 1 is 1.12 bits per heavy atom. The van der Waals surface area contributed by atoms with Gasteiger partial charge in [-0.2, -0.15) is 0 Å². The van der Waals surface area contributed by atoms with Gasteiger partial charge in [0.15, 0.2) is 0 Å². The molecule has 0 aliphatic rings. The van der Waals surface area contributed by atoms with E-state index in [-0.39, 0.29) is 0 Å². The van der Waals surface area contributed by atoms with Gasteiger partial charge in [0.05, 0.1) is 0 Å². The lowest BCUT2D eigenvalue weighted by Crippen LogP contribution is -2.16. The van der Waals surface area contributed by atoms with E-state index in [0.717, 1.165) is 5.56 Å². The average molecular weight is 230 g/mol. The van der Waals surface area contributed by atoms with Crippen molar-refractivity contribution in [2.24, 2.45) is 0 Å². The predicted molar refractivity (Wildman–Crippen MR) is 75.4 cm³/mol. The second-order valence-electron chi connectivity index (χ2n) is 5.43. The summed E-state index contributed by atoms with van der Waals surface area (Å²) in [6.45, 7) is 11.3. The molecule has 1 aromatic carbocycles. The van der Waals surface area contributed by atoms with E-state index >= 15 is 0 Å². The van der Waals surface area contributed by atoms with Crippen LogP contribution in [0.1, 0.15) is 37.3 Å². The van der Waals surface area contributed by atoms with Crippen LogP contribution in [0.3, 0.4) is 0 Å². The van der Waals surface area contributed by atoms with Crippen LogP contribution in [0.5, 0.6) is 0 Å². The van der Waals surface area contributed by atoms with Crippen molar-refractivity contribution in [3.8, 4) is 11.5 Å². The zero-order valence-electron chi connectivity index (χ0n) is 11.1. The lowest BCUT2D eigenvalue weighted by Gasteiger charge is -2.08. The quantitative estimate of drug-likeness (QED) is 0.521. The molecular formula is C15H22Si.